The molecule has 0 atom stereocenters. The third-order valence-electron chi connectivity index (χ3n) is 15.7. The van der Waals surface area contributed by atoms with Crippen LogP contribution in [0, 0.1) is 87.7 Å². The molecule has 6 aromatic rings. The average molecular weight is 1060 g/mol. The smallest absolute Gasteiger partial charge is 0.429 e. The van der Waals surface area contributed by atoms with Crippen molar-refractivity contribution in [2.75, 3.05) is 0 Å². The lowest BCUT2D eigenvalue weighted by Crippen LogP contribution is -2.26. The average Bonchev–Trinajstić information content (AvgIpc) is 3.31. The summed E-state index contributed by atoms with van der Waals surface area (Å²) < 4.78 is 220. The van der Waals surface area contributed by atoms with Crippen LogP contribution in [0.1, 0.15) is 124 Å². The van der Waals surface area contributed by atoms with Gasteiger partial charge < -0.3 is 9.47 Å². The summed E-state index contributed by atoms with van der Waals surface area (Å²) in [6.07, 6.45) is 7.24. The van der Waals surface area contributed by atoms with Crippen LogP contribution < -0.4 is 9.47 Å². The number of alkyl halides is 4. The van der Waals surface area contributed by atoms with Gasteiger partial charge in [0.15, 0.2) is 34.9 Å². The molecule has 75 heavy (non-hydrogen) atoms. The van der Waals surface area contributed by atoms with Crippen LogP contribution in [0.5, 0.6) is 11.5 Å². The summed E-state index contributed by atoms with van der Waals surface area (Å²) in [7, 11) is 0. The van der Waals surface area contributed by atoms with E-state index in [4.69, 9.17) is 0 Å². The molecule has 0 aromatic heterocycles. The largest absolute Gasteiger partial charge is 0.432 e. The van der Waals surface area contributed by atoms with E-state index in [1.807, 2.05) is 12.1 Å². The van der Waals surface area contributed by atoms with E-state index < -0.39 is 98.8 Å². The molecule has 2 nitrogen and oxygen atoms in total. The molecular weight excluding hydrogens is 1010 g/mol. The summed E-state index contributed by atoms with van der Waals surface area (Å²) in [5, 5.41) is 0. The van der Waals surface area contributed by atoms with E-state index in [1.165, 1.54) is 63.5 Å². The van der Waals surface area contributed by atoms with Crippen molar-refractivity contribution in [3.63, 3.8) is 0 Å². The van der Waals surface area contributed by atoms with Gasteiger partial charge in [-0.1, -0.05) is 74.9 Å². The van der Waals surface area contributed by atoms with Crippen LogP contribution in [0.4, 0.5) is 65.9 Å². The molecule has 0 bridgehead atoms. The second kappa shape index (κ2) is 21.8. The van der Waals surface area contributed by atoms with Crippen LogP contribution in [-0.2, 0) is 12.2 Å². The van der Waals surface area contributed by atoms with Crippen molar-refractivity contribution in [3.8, 4) is 33.8 Å². The predicted octanol–water partition coefficient (Wildman–Crippen LogP) is 18.6. The lowest BCUT2D eigenvalue weighted by atomic mass is 9.67. The third-order valence-corrected chi connectivity index (χ3v) is 15.7. The second-order valence-electron chi connectivity index (χ2n) is 20.2. The monoisotopic (exact) mass is 1060 g/mol. The van der Waals surface area contributed by atoms with Crippen molar-refractivity contribution < 1.29 is 75.3 Å². The highest BCUT2D eigenvalue weighted by Crippen LogP contribution is 2.47. The van der Waals surface area contributed by atoms with Gasteiger partial charge in [0.1, 0.15) is 51.7 Å². The summed E-state index contributed by atoms with van der Waals surface area (Å²) in [5.41, 5.74) is -1.62. The van der Waals surface area contributed by atoms with E-state index in [9.17, 15) is 61.5 Å². The van der Waals surface area contributed by atoms with E-state index in [0.717, 1.165) is 85.5 Å². The molecule has 0 N–H and O–H groups in total. The van der Waals surface area contributed by atoms with Gasteiger partial charge in [0.25, 0.3) is 0 Å². The van der Waals surface area contributed by atoms with Crippen molar-refractivity contribution in [1.29, 1.82) is 0 Å². The molecule has 0 unspecified atom stereocenters. The molecule has 10 rings (SSSR count). The van der Waals surface area contributed by atoms with Crippen molar-refractivity contribution in [2.24, 2.45) is 23.7 Å². The van der Waals surface area contributed by atoms with E-state index in [0.29, 0.717) is 23.6 Å². The normalized spacial score (nSPS) is 20.4. The number of halogens is 15. The number of hydrogen-bond donors (Lipinski definition) is 0. The Morgan fingerprint density at radius 2 is 0.667 bits per heavy atom. The fourth-order valence-electron chi connectivity index (χ4n) is 11.2. The molecule has 0 spiro atoms. The molecular formula is C58H49F15O2. The Morgan fingerprint density at radius 3 is 1.03 bits per heavy atom. The predicted molar refractivity (Wildman–Crippen MR) is 249 cm³/mol. The molecule has 0 aliphatic heterocycles. The van der Waals surface area contributed by atoms with E-state index in [2.05, 4.69) is 9.47 Å². The van der Waals surface area contributed by atoms with Gasteiger partial charge in [0, 0.05) is 29.8 Å². The molecule has 4 aliphatic rings. The first-order valence-electron chi connectivity index (χ1n) is 25.0. The van der Waals surface area contributed by atoms with E-state index in [1.54, 1.807) is 18.2 Å². The number of hydrogen-bond acceptors (Lipinski definition) is 2. The van der Waals surface area contributed by atoms with Gasteiger partial charge >= 0.3 is 12.2 Å². The van der Waals surface area contributed by atoms with Gasteiger partial charge in [-0.25, -0.2) is 48.3 Å². The van der Waals surface area contributed by atoms with Gasteiger partial charge in [-0.3, -0.25) is 0 Å². The third kappa shape index (κ3) is 11.7. The quantitative estimate of drug-likeness (QED) is 0.0898. The van der Waals surface area contributed by atoms with Crippen LogP contribution in [0.15, 0.2) is 91.0 Å². The fraction of sp³-hybridized carbons (Fsp3) is 0.379. The molecule has 0 heterocycles. The molecule has 6 aromatic carbocycles. The van der Waals surface area contributed by atoms with Crippen LogP contribution in [0.2, 0.25) is 0 Å². The summed E-state index contributed by atoms with van der Waals surface area (Å²) in [6.45, 7) is 0. The van der Waals surface area contributed by atoms with Gasteiger partial charge in [0.2, 0.25) is 0 Å². The maximum absolute atomic E-state index is 15.0. The minimum atomic E-state index is -4.72. The summed E-state index contributed by atoms with van der Waals surface area (Å²) in [5.74, 6) is -16.9. The first-order chi connectivity index (χ1) is 35.6. The lowest BCUT2D eigenvalue weighted by molar-refractivity contribution is -0.190. The Labute approximate surface area is 422 Å². The first kappa shape index (κ1) is 53.7. The highest BCUT2D eigenvalue weighted by Gasteiger charge is 2.43. The molecule has 0 radical (unpaired) electrons. The summed E-state index contributed by atoms with van der Waals surface area (Å²) >= 11 is 0. The van der Waals surface area contributed by atoms with Gasteiger partial charge in [-0.05, 0) is 145 Å². The van der Waals surface area contributed by atoms with E-state index >= 15 is 4.39 Å². The van der Waals surface area contributed by atoms with Crippen molar-refractivity contribution in [1.82, 2.24) is 0 Å². The topological polar surface area (TPSA) is 18.5 Å². The Hall–Kier alpha value is -6.13. The number of benzene rings is 6. The van der Waals surface area contributed by atoms with Crippen LogP contribution >= 0.6 is 0 Å². The Kier molecular flexibility index (Phi) is 15.6. The Morgan fingerprint density at radius 1 is 0.320 bits per heavy atom. The zero-order valence-corrected chi connectivity index (χ0v) is 40.0. The van der Waals surface area contributed by atoms with Crippen molar-refractivity contribution in [3.05, 3.63) is 177 Å². The summed E-state index contributed by atoms with van der Waals surface area (Å²) in [4.78, 5) is 0. The Balaban J connectivity index is 0.000000184. The van der Waals surface area contributed by atoms with Crippen LogP contribution in [0.3, 0.4) is 0 Å². The highest BCUT2D eigenvalue weighted by molar-refractivity contribution is 5.66. The maximum Gasteiger partial charge on any atom is 0.432 e. The molecule has 4 fully saturated rings. The molecule has 398 valence electrons. The lowest BCUT2D eigenvalue weighted by Gasteiger charge is -2.38. The number of ether oxygens (including phenoxy) is 2. The molecule has 0 saturated heterocycles. The van der Waals surface area contributed by atoms with Gasteiger partial charge in [-0.15, -0.1) is 0 Å². The van der Waals surface area contributed by atoms with Crippen molar-refractivity contribution >= 4 is 0 Å². The molecule has 0 amide bonds. The van der Waals surface area contributed by atoms with Crippen LogP contribution in [0.25, 0.3) is 22.3 Å². The minimum absolute atomic E-state index is 0.0497. The standard InChI is InChI=1S/C29H24F8O.C29H25F7O/c30-22-10-18(17-6-4-16(5-7-17)15-2-1-3-15)8-9-21(22)19-11-23(31)27(24(32)12-19)29(36,37)38-20-13-25(33)28(35)26(34)14-20;30-23-12-21(13-24(31)27(23)29(35,36)37-22-14-25(32)28(34)26(33)15-22)20-10-8-19(9-11-20)18-6-4-17(5-7-18)16-2-1-3-16/h8-17H,1-7H2;8-18H,1-7H2. The van der Waals surface area contributed by atoms with E-state index in [-0.39, 0.29) is 46.9 Å². The van der Waals surface area contributed by atoms with Gasteiger partial charge in [0.05, 0.1) is 0 Å². The van der Waals surface area contributed by atoms with Crippen LogP contribution in [-0.4, -0.2) is 0 Å². The minimum Gasteiger partial charge on any atom is -0.429 e. The molecule has 17 heteroatoms. The highest BCUT2D eigenvalue weighted by atomic mass is 19.3. The fourth-order valence-corrected chi connectivity index (χ4v) is 11.2. The Bertz CT molecular complexity index is 2930. The molecule has 4 aliphatic carbocycles. The SMILES string of the molecule is Fc1cc(C2CCC(C3CCC3)CC2)ccc1-c1cc(F)c(C(F)(F)Oc2cc(F)c(F)c(F)c2)c(F)c1.Fc1cc(OC(F)(F)c2c(F)cc(-c3ccc(C4CCC(C5CCC5)CC4)cc3)cc2F)cc(F)c1F. The number of rotatable bonds is 12. The first-order valence-corrected chi connectivity index (χ1v) is 25.0. The van der Waals surface area contributed by atoms with Crippen molar-refractivity contribution in [2.45, 2.75) is 114 Å². The second-order valence-corrected chi connectivity index (χ2v) is 20.2. The van der Waals surface area contributed by atoms with Gasteiger partial charge in [-0.2, -0.15) is 17.6 Å². The zero-order valence-electron chi connectivity index (χ0n) is 40.0. The maximum atomic E-state index is 15.0. The summed E-state index contributed by atoms with van der Waals surface area (Å²) in [6, 6.07) is 14.7. The zero-order chi connectivity index (χ0) is 53.5. The molecule has 4 saturated carbocycles.